The first-order valence-electron chi connectivity index (χ1n) is 7.62. The van der Waals surface area contributed by atoms with Crippen LogP contribution >= 0.6 is 0 Å². The van der Waals surface area contributed by atoms with Gasteiger partial charge in [0.25, 0.3) is 12.3 Å². The Morgan fingerprint density at radius 3 is 2.15 bits per heavy atom. The van der Waals surface area contributed by atoms with Gasteiger partial charge in [-0.25, -0.2) is 0 Å². The molecule has 0 aromatic carbocycles. The third-order valence-electron chi connectivity index (χ3n) is 4.32. The van der Waals surface area contributed by atoms with Crippen LogP contribution < -0.4 is 0 Å². The monoisotopic (exact) mass is 386 g/mol. The molecule has 10 atom stereocenters. The number of carbonyl (C=O) groups excluding carboxylic acids is 1. The molecule has 13 heteroatoms. The fourth-order valence-corrected chi connectivity index (χ4v) is 2.79. The molecule has 13 nitrogen and oxygen atoms in total. The van der Waals surface area contributed by atoms with Crippen LogP contribution in [0, 0.1) is 0 Å². The number of hydrogen-bond acceptors (Lipinski definition) is 13. The average molecular weight is 386 g/mol. The first kappa shape index (κ1) is 21.3. The van der Waals surface area contributed by atoms with Crippen LogP contribution in [-0.4, -0.2) is 122 Å². The van der Waals surface area contributed by atoms with E-state index in [-0.39, 0.29) is 6.47 Å². The maximum absolute atomic E-state index is 10.6. The van der Waals surface area contributed by atoms with E-state index < -0.39 is 74.3 Å². The van der Waals surface area contributed by atoms with Gasteiger partial charge in [-0.05, 0) is 0 Å². The molecular formula is C13H22O13. The van der Waals surface area contributed by atoms with Crippen LogP contribution in [0.25, 0.3) is 0 Å². The summed E-state index contributed by atoms with van der Waals surface area (Å²) in [4.78, 5) is 10.6. The van der Waals surface area contributed by atoms with Crippen LogP contribution in [0.15, 0.2) is 0 Å². The highest BCUT2D eigenvalue weighted by atomic mass is 16.8. The standard InChI is InChI=1S/C13H22O13/c14-1-4-9(5(17)7(19)11(22)24-4)25-12-8(20)6(18)10(21)13(2-15,26-12)23-3-16/h3-12,14-15,17-22H,1-2H2/t4-,5-,6+,7-,8-,9-,10-,11-,12+,13+/m1/s1. The van der Waals surface area contributed by atoms with Gasteiger partial charge < -0.3 is 59.8 Å². The summed E-state index contributed by atoms with van der Waals surface area (Å²) in [6.07, 6.45) is -16.2. The van der Waals surface area contributed by atoms with Crippen molar-refractivity contribution in [1.82, 2.24) is 0 Å². The molecule has 2 fully saturated rings. The van der Waals surface area contributed by atoms with Crippen molar-refractivity contribution in [2.45, 2.75) is 61.1 Å². The maximum Gasteiger partial charge on any atom is 0.295 e. The largest absolute Gasteiger partial charge is 0.430 e. The van der Waals surface area contributed by atoms with Crippen molar-refractivity contribution in [3.05, 3.63) is 0 Å². The Kier molecular flexibility index (Phi) is 6.86. The van der Waals surface area contributed by atoms with Crippen molar-refractivity contribution < 1.29 is 64.6 Å². The molecule has 2 aliphatic rings. The molecule has 0 amide bonds. The molecule has 0 unspecified atom stereocenters. The number of rotatable bonds is 6. The van der Waals surface area contributed by atoms with Crippen LogP contribution in [0.5, 0.6) is 0 Å². The Bertz CT molecular complexity index is 475. The van der Waals surface area contributed by atoms with Crippen molar-refractivity contribution >= 4 is 6.47 Å². The van der Waals surface area contributed by atoms with Crippen molar-refractivity contribution in [2.24, 2.45) is 0 Å². The smallest absolute Gasteiger partial charge is 0.295 e. The van der Waals surface area contributed by atoms with Crippen LogP contribution in [0.4, 0.5) is 0 Å². The quantitative estimate of drug-likeness (QED) is 0.200. The van der Waals surface area contributed by atoms with E-state index in [1.165, 1.54) is 0 Å². The molecule has 0 saturated carbocycles. The summed E-state index contributed by atoms with van der Waals surface area (Å²) >= 11 is 0. The molecular weight excluding hydrogens is 364 g/mol. The van der Waals surface area contributed by atoms with E-state index in [0.717, 1.165) is 0 Å². The SMILES string of the molecule is O=CO[C@@]1(CO)O[C@H](O[C@H]2[C@H](O)[C@@H](O)[C@H](O)O[C@@H]2CO)[C@H](O)[C@H](O)[C@H]1O. The molecule has 2 aliphatic heterocycles. The third-order valence-corrected chi connectivity index (χ3v) is 4.32. The highest BCUT2D eigenvalue weighted by Gasteiger charge is 2.57. The van der Waals surface area contributed by atoms with Crippen molar-refractivity contribution in [1.29, 1.82) is 0 Å². The molecule has 0 radical (unpaired) electrons. The molecule has 152 valence electrons. The molecule has 0 spiro atoms. The van der Waals surface area contributed by atoms with Gasteiger partial charge in [-0.1, -0.05) is 0 Å². The number of aliphatic hydroxyl groups is 8. The lowest BCUT2D eigenvalue weighted by atomic mass is 9.95. The van der Waals surface area contributed by atoms with Gasteiger partial charge in [-0.2, -0.15) is 0 Å². The molecule has 0 bridgehead atoms. The van der Waals surface area contributed by atoms with Gasteiger partial charge in [0.05, 0.1) is 6.61 Å². The van der Waals surface area contributed by atoms with Crippen LogP contribution in [0.3, 0.4) is 0 Å². The average Bonchev–Trinajstić information content (AvgIpc) is 2.63. The van der Waals surface area contributed by atoms with Gasteiger partial charge in [-0.3, -0.25) is 4.79 Å². The van der Waals surface area contributed by atoms with E-state index in [9.17, 15) is 45.6 Å². The minimum Gasteiger partial charge on any atom is -0.430 e. The number of hydrogen-bond donors (Lipinski definition) is 8. The molecule has 0 aromatic rings. The first-order valence-corrected chi connectivity index (χ1v) is 7.62. The Morgan fingerprint density at radius 2 is 1.62 bits per heavy atom. The van der Waals surface area contributed by atoms with E-state index in [1.807, 2.05) is 0 Å². The Balaban J connectivity index is 2.24. The van der Waals surface area contributed by atoms with E-state index in [1.54, 1.807) is 0 Å². The van der Waals surface area contributed by atoms with E-state index in [4.69, 9.17) is 14.2 Å². The molecule has 2 saturated heterocycles. The zero-order valence-corrected chi connectivity index (χ0v) is 13.3. The van der Waals surface area contributed by atoms with Gasteiger partial charge in [0.2, 0.25) is 0 Å². The minimum absolute atomic E-state index is 0.171. The van der Waals surface area contributed by atoms with Crippen LogP contribution in [-0.2, 0) is 23.7 Å². The zero-order valence-electron chi connectivity index (χ0n) is 13.3. The molecule has 2 heterocycles. The second-order valence-corrected chi connectivity index (χ2v) is 5.93. The summed E-state index contributed by atoms with van der Waals surface area (Å²) in [6, 6.07) is 0. The van der Waals surface area contributed by atoms with Crippen molar-refractivity contribution in [3.63, 3.8) is 0 Å². The highest BCUT2D eigenvalue weighted by Crippen LogP contribution is 2.33. The number of carbonyl (C=O) groups is 1. The summed E-state index contributed by atoms with van der Waals surface area (Å²) in [5.41, 5.74) is 0. The van der Waals surface area contributed by atoms with Crippen LogP contribution in [0.2, 0.25) is 0 Å². The van der Waals surface area contributed by atoms with Crippen molar-refractivity contribution in [3.8, 4) is 0 Å². The molecule has 0 aliphatic carbocycles. The van der Waals surface area contributed by atoms with E-state index >= 15 is 0 Å². The summed E-state index contributed by atoms with van der Waals surface area (Å²) in [6.45, 7) is -2.06. The lowest BCUT2D eigenvalue weighted by molar-refractivity contribution is -0.414. The van der Waals surface area contributed by atoms with E-state index in [2.05, 4.69) is 4.74 Å². The molecule has 2 rings (SSSR count). The predicted molar refractivity (Wildman–Crippen MR) is 74.7 cm³/mol. The van der Waals surface area contributed by atoms with Gasteiger partial charge in [0, 0.05) is 0 Å². The topological polar surface area (TPSA) is 216 Å². The summed E-state index contributed by atoms with van der Waals surface area (Å²) in [5.74, 6) is -2.47. The normalized spacial score (nSPS) is 49.6. The first-order chi connectivity index (χ1) is 12.2. The van der Waals surface area contributed by atoms with Gasteiger partial charge in [-0.15, -0.1) is 0 Å². The minimum atomic E-state index is -2.47. The molecule has 8 N–H and O–H groups in total. The van der Waals surface area contributed by atoms with Crippen LogP contribution in [0.1, 0.15) is 0 Å². The summed E-state index contributed by atoms with van der Waals surface area (Å²) in [5, 5.41) is 77.7. The fourth-order valence-electron chi connectivity index (χ4n) is 2.79. The summed E-state index contributed by atoms with van der Waals surface area (Å²) in [7, 11) is 0. The zero-order chi connectivity index (χ0) is 19.6. The molecule has 26 heavy (non-hydrogen) atoms. The van der Waals surface area contributed by atoms with E-state index in [0.29, 0.717) is 0 Å². The van der Waals surface area contributed by atoms with Gasteiger partial charge in [0.1, 0.15) is 43.2 Å². The Labute approximate surface area is 146 Å². The summed E-state index contributed by atoms with van der Waals surface area (Å²) < 4.78 is 19.7. The fraction of sp³-hybridized carbons (Fsp3) is 0.923. The lowest BCUT2D eigenvalue weighted by Gasteiger charge is -2.48. The Morgan fingerprint density at radius 1 is 0.962 bits per heavy atom. The Hall–Kier alpha value is -0.970. The second kappa shape index (κ2) is 8.37. The number of aliphatic hydroxyl groups excluding tert-OH is 8. The predicted octanol–water partition coefficient (Wildman–Crippen LogP) is -5.90. The maximum atomic E-state index is 10.6. The lowest BCUT2D eigenvalue weighted by Crippen LogP contribution is -2.69. The second-order valence-electron chi connectivity index (χ2n) is 5.93. The van der Waals surface area contributed by atoms with Crippen molar-refractivity contribution in [2.75, 3.05) is 13.2 Å². The van der Waals surface area contributed by atoms with Gasteiger partial charge >= 0.3 is 0 Å². The third kappa shape index (κ3) is 3.69. The van der Waals surface area contributed by atoms with Gasteiger partial charge in [0.15, 0.2) is 18.7 Å². The molecule has 0 aromatic heterocycles. The number of ether oxygens (including phenoxy) is 4. The highest BCUT2D eigenvalue weighted by molar-refractivity contribution is 5.38.